The molecule has 94 heavy (non-hydrogen) atoms. The second-order valence-electron chi connectivity index (χ2n) is 20.9. The van der Waals surface area contributed by atoms with E-state index in [1.165, 1.54) is 84.6 Å². The molecular formula is C78H93BrO15. The highest BCUT2D eigenvalue weighted by molar-refractivity contribution is 9.10. The molecule has 0 radical (unpaired) electrons. The summed E-state index contributed by atoms with van der Waals surface area (Å²) in [6.45, 7) is 16.4. The number of ether oxygens (including phenoxy) is 8. The van der Waals surface area contributed by atoms with Gasteiger partial charge in [0.25, 0.3) is 0 Å². The maximum absolute atomic E-state index is 11.2. The lowest BCUT2D eigenvalue weighted by Crippen LogP contribution is -2.03. The van der Waals surface area contributed by atoms with Gasteiger partial charge in [0.05, 0.1) is 42.7 Å². The number of allylic oxidation sites excluding steroid dienone is 1. The molecule has 1 unspecified atom stereocenters. The first-order chi connectivity index (χ1) is 44.8. The van der Waals surface area contributed by atoms with E-state index in [0.717, 1.165) is 75.5 Å². The number of ketones is 7. The molecule has 8 aromatic carbocycles. The van der Waals surface area contributed by atoms with Crippen LogP contribution in [0.25, 0.3) is 16.8 Å². The molecule has 0 bridgehead atoms. The molecule has 0 N–H and O–H groups in total. The van der Waals surface area contributed by atoms with Crippen molar-refractivity contribution in [3.63, 3.8) is 0 Å². The molecule has 0 saturated heterocycles. The van der Waals surface area contributed by atoms with Crippen molar-refractivity contribution < 1.29 is 71.5 Å². The van der Waals surface area contributed by atoms with Gasteiger partial charge in [0.1, 0.15) is 23.0 Å². The number of carbonyl (C=O) groups excluding carboxylic acids is 7. The van der Waals surface area contributed by atoms with E-state index in [0.29, 0.717) is 32.3 Å². The Hall–Kier alpha value is -9.35. The molecule has 0 aromatic heterocycles. The van der Waals surface area contributed by atoms with E-state index in [1.54, 1.807) is 94.2 Å². The quantitative estimate of drug-likeness (QED) is 0.0374. The zero-order chi connectivity index (χ0) is 70.5. The van der Waals surface area contributed by atoms with Crippen LogP contribution in [0.5, 0.6) is 34.5 Å². The van der Waals surface area contributed by atoms with Crippen molar-refractivity contribution in [1.82, 2.24) is 0 Å². The maximum Gasteiger partial charge on any atom is 0.160 e. The van der Waals surface area contributed by atoms with Gasteiger partial charge in [-0.05, 0) is 194 Å². The highest BCUT2D eigenvalue weighted by Gasteiger charge is 2.11. The fourth-order valence-electron chi connectivity index (χ4n) is 7.82. The molecule has 16 heteroatoms. The number of fused-ring (bicyclic) bond motifs is 1. The molecule has 502 valence electrons. The number of methoxy groups -OCH3 is 8. The molecule has 0 spiro atoms. The summed E-state index contributed by atoms with van der Waals surface area (Å²) in [7, 11) is 13.4. The minimum absolute atomic E-state index is 0.00389. The van der Waals surface area contributed by atoms with Crippen LogP contribution in [0, 0.1) is 12.8 Å². The molecule has 0 aliphatic heterocycles. The van der Waals surface area contributed by atoms with Gasteiger partial charge in [-0.1, -0.05) is 119 Å². The van der Waals surface area contributed by atoms with E-state index in [-0.39, 0.29) is 40.5 Å². The zero-order valence-electron chi connectivity index (χ0n) is 57.5. The van der Waals surface area contributed by atoms with Crippen LogP contribution < -0.4 is 28.4 Å². The first kappa shape index (κ1) is 82.7. The van der Waals surface area contributed by atoms with Gasteiger partial charge in [-0.15, -0.1) is 0 Å². The standard InChI is InChI=1S/C12H12O3.C12H12O2.C11H12O2.C10H9BrO2.C9H20O2.C8H10O2.C8H10O.C8H8O/c1-7(13)10-4-11(8(2)14)6-12(5-10)9(3)15;1-13-11-5-3-10-8-12(14-2)6-4-9(10)7-11;1-9(12)3-4-10-5-7-11(13-2)8-6-10;1-6(12)8-3-4-9(7(2)13)10(11)5-8;1-9(6-8-11-3)5-4-7-10-2;1-9-7-5-3-4-6-8(7)10-2;1-7-3-5-8(9-2)6-4-7;1-7(9)8-5-3-2-4-6-8/h4-6H,1-3H3;3-8H,1-2H3;3-8H,1-2H3;3-5H,1-2H3;9H,4-8H2,1-3H3;3-6H,1-2H3;3-6H,1-2H3;2-6H,1H3/b;;4-3+;;;;;. The minimum atomic E-state index is -0.152. The molecule has 0 aliphatic carbocycles. The summed E-state index contributed by atoms with van der Waals surface area (Å²) in [5, 5.41) is 2.32. The number of Topliss-reactive ketones (excluding diaryl/α,β-unsaturated/α-hetero) is 6. The van der Waals surface area contributed by atoms with Crippen LogP contribution in [0.2, 0.25) is 0 Å². The molecular weight excluding hydrogens is 1260 g/mol. The lowest BCUT2D eigenvalue weighted by molar-refractivity contribution is -0.112. The Kier molecular flexibility index (Phi) is 41.8. The third-order valence-electron chi connectivity index (χ3n) is 13.4. The number of hydrogen-bond acceptors (Lipinski definition) is 15. The molecule has 1 atom stereocenters. The first-order valence-corrected chi connectivity index (χ1v) is 30.9. The van der Waals surface area contributed by atoms with E-state index in [4.69, 9.17) is 37.9 Å². The van der Waals surface area contributed by atoms with Crippen LogP contribution in [0.4, 0.5) is 0 Å². The SMILES string of the molecule is CC(=O)c1cc(C(C)=O)cc(C(C)=O)c1.CC(=O)c1ccc(C(C)=O)c(Br)c1.CC(=O)c1ccccc1.COCCCC(C)CCOC.COc1ccc(/C=C/C(C)=O)cc1.COc1ccc(C)cc1.COc1ccc2cc(OC)ccc2c1.COc1ccccc1OC. The monoisotopic (exact) mass is 1350 g/mol. The van der Waals surface area contributed by atoms with Crippen molar-refractivity contribution in [1.29, 1.82) is 0 Å². The fraction of sp³-hybridized carbons (Fsp3) is 0.295. The van der Waals surface area contributed by atoms with Crippen molar-refractivity contribution in [2.24, 2.45) is 5.92 Å². The third-order valence-corrected chi connectivity index (χ3v) is 14.0. The van der Waals surface area contributed by atoms with Gasteiger partial charge >= 0.3 is 0 Å². The molecule has 0 heterocycles. The van der Waals surface area contributed by atoms with Crippen LogP contribution in [-0.2, 0) is 14.3 Å². The van der Waals surface area contributed by atoms with Crippen LogP contribution in [0.3, 0.4) is 0 Å². The number of rotatable bonds is 21. The summed E-state index contributed by atoms with van der Waals surface area (Å²) < 4.78 is 40.9. The number of hydrogen-bond donors (Lipinski definition) is 0. The Bertz CT molecular complexity index is 3470. The second-order valence-corrected chi connectivity index (χ2v) is 21.7. The topological polar surface area (TPSA) is 193 Å². The molecule has 15 nitrogen and oxygen atoms in total. The lowest BCUT2D eigenvalue weighted by atomic mass is 10.00. The molecule has 0 fully saturated rings. The van der Waals surface area contributed by atoms with Gasteiger partial charge in [-0.3, -0.25) is 33.6 Å². The summed E-state index contributed by atoms with van der Waals surface area (Å²) >= 11 is 3.24. The normalized spacial score (nSPS) is 10.1. The predicted octanol–water partition coefficient (Wildman–Crippen LogP) is 18.0. The van der Waals surface area contributed by atoms with Crippen LogP contribution in [0.1, 0.15) is 148 Å². The number of carbonyl (C=O) groups is 7. The average Bonchev–Trinajstić information content (AvgIpc) is 1.02. The Balaban J connectivity index is 0.000000540. The van der Waals surface area contributed by atoms with Crippen molar-refractivity contribution in [3.05, 3.63) is 231 Å². The Morgan fingerprint density at radius 3 is 1.15 bits per heavy atom. The zero-order valence-corrected chi connectivity index (χ0v) is 59.1. The minimum Gasteiger partial charge on any atom is -0.497 e. The van der Waals surface area contributed by atoms with Gasteiger partial charge in [0, 0.05) is 65.3 Å². The van der Waals surface area contributed by atoms with Gasteiger partial charge in [0.2, 0.25) is 0 Å². The number of benzene rings is 8. The summed E-state index contributed by atoms with van der Waals surface area (Å²) in [5.41, 5.74) is 5.43. The van der Waals surface area contributed by atoms with Crippen molar-refractivity contribution in [2.75, 3.05) is 70.1 Å². The van der Waals surface area contributed by atoms with Crippen LogP contribution in [0.15, 0.2) is 186 Å². The van der Waals surface area contributed by atoms with Crippen molar-refractivity contribution in [2.45, 2.75) is 81.6 Å². The van der Waals surface area contributed by atoms with E-state index in [2.05, 4.69) is 29.8 Å². The molecule has 0 saturated carbocycles. The average molecular weight is 1350 g/mol. The first-order valence-electron chi connectivity index (χ1n) is 30.1. The Labute approximate surface area is 564 Å². The second kappa shape index (κ2) is 47.5. The van der Waals surface area contributed by atoms with E-state index >= 15 is 0 Å². The molecule has 0 aliphatic rings. The number of aryl methyl sites for hydroxylation is 1. The van der Waals surface area contributed by atoms with Crippen LogP contribution >= 0.6 is 15.9 Å². The van der Waals surface area contributed by atoms with Gasteiger partial charge in [0.15, 0.2) is 52.0 Å². The van der Waals surface area contributed by atoms with Crippen LogP contribution in [-0.4, -0.2) is 111 Å². The number of para-hydroxylation sites is 2. The number of halogens is 1. The third kappa shape index (κ3) is 34.4. The Morgan fingerprint density at radius 2 is 0.798 bits per heavy atom. The summed E-state index contributed by atoms with van der Waals surface area (Å²) in [5.74, 6) is 5.50. The van der Waals surface area contributed by atoms with Gasteiger partial charge in [-0.25, -0.2) is 0 Å². The van der Waals surface area contributed by atoms with Crippen molar-refractivity contribution in [3.8, 4) is 34.5 Å². The van der Waals surface area contributed by atoms with E-state index in [1.807, 2.05) is 140 Å². The summed E-state index contributed by atoms with van der Waals surface area (Å²) in [4.78, 5) is 76.8. The Morgan fingerprint density at radius 1 is 0.394 bits per heavy atom. The lowest BCUT2D eigenvalue weighted by Gasteiger charge is -2.09. The molecule has 8 rings (SSSR count). The summed E-state index contributed by atoms with van der Waals surface area (Å²) in [6, 6.07) is 53.7. The fourth-order valence-corrected chi connectivity index (χ4v) is 8.47. The molecule has 0 amide bonds. The highest BCUT2D eigenvalue weighted by Crippen LogP contribution is 2.26. The maximum atomic E-state index is 11.2. The summed E-state index contributed by atoms with van der Waals surface area (Å²) in [6.07, 6.45) is 6.91. The van der Waals surface area contributed by atoms with Gasteiger partial charge < -0.3 is 37.9 Å². The highest BCUT2D eigenvalue weighted by atomic mass is 79.9. The van der Waals surface area contributed by atoms with Gasteiger partial charge in [-0.2, -0.15) is 0 Å². The van der Waals surface area contributed by atoms with Crippen molar-refractivity contribution >= 4 is 73.3 Å². The predicted molar refractivity (Wildman–Crippen MR) is 381 cm³/mol. The smallest absolute Gasteiger partial charge is 0.160 e. The van der Waals surface area contributed by atoms with E-state index in [9.17, 15) is 33.6 Å². The van der Waals surface area contributed by atoms with E-state index < -0.39 is 0 Å². The molecule has 8 aromatic rings. The largest absolute Gasteiger partial charge is 0.497 e.